The van der Waals surface area contributed by atoms with Crippen molar-refractivity contribution >= 4 is 10.0 Å². The molecule has 124 valence electrons. The SMILES string of the molecule is COc1ccc(S(=O)(=O)NCCCOCC2CC2)cc1OC. The number of rotatable bonds is 10. The zero-order chi connectivity index (χ0) is 16.0. The summed E-state index contributed by atoms with van der Waals surface area (Å²) in [6, 6.07) is 4.52. The number of hydrogen-bond donors (Lipinski definition) is 1. The van der Waals surface area contributed by atoms with Crippen LogP contribution in [0.4, 0.5) is 0 Å². The van der Waals surface area contributed by atoms with E-state index < -0.39 is 10.0 Å². The second-order valence-corrected chi connectivity index (χ2v) is 7.05. The average molecular weight is 329 g/mol. The molecule has 1 aliphatic carbocycles. The predicted molar refractivity (Wildman–Crippen MR) is 82.9 cm³/mol. The van der Waals surface area contributed by atoms with Crippen molar-refractivity contribution in [2.45, 2.75) is 24.2 Å². The molecule has 1 saturated carbocycles. The van der Waals surface area contributed by atoms with Gasteiger partial charge in [-0.1, -0.05) is 0 Å². The van der Waals surface area contributed by atoms with Gasteiger partial charge in [-0.05, 0) is 37.3 Å². The molecule has 1 aromatic carbocycles. The van der Waals surface area contributed by atoms with Crippen molar-refractivity contribution in [3.63, 3.8) is 0 Å². The molecule has 0 bridgehead atoms. The van der Waals surface area contributed by atoms with Gasteiger partial charge in [-0.25, -0.2) is 13.1 Å². The quantitative estimate of drug-likeness (QED) is 0.663. The molecule has 7 heteroatoms. The van der Waals surface area contributed by atoms with E-state index in [-0.39, 0.29) is 4.90 Å². The summed E-state index contributed by atoms with van der Waals surface area (Å²) in [6.45, 7) is 1.72. The van der Waals surface area contributed by atoms with Crippen molar-refractivity contribution < 1.29 is 22.6 Å². The molecular weight excluding hydrogens is 306 g/mol. The molecule has 1 aromatic rings. The first kappa shape index (κ1) is 17.1. The molecule has 0 aliphatic heterocycles. The maximum Gasteiger partial charge on any atom is 0.240 e. The van der Waals surface area contributed by atoms with Crippen LogP contribution >= 0.6 is 0 Å². The Labute approximate surface area is 131 Å². The van der Waals surface area contributed by atoms with Crippen molar-refractivity contribution in [2.24, 2.45) is 5.92 Å². The first-order valence-corrected chi connectivity index (χ1v) is 8.84. The van der Waals surface area contributed by atoms with Gasteiger partial charge < -0.3 is 14.2 Å². The molecule has 0 atom stereocenters. The molecule has 0 amide bonds. The van der Waals surface area contributed by atoms with E-state index in [2.05, 4.69) is 4.72 Å². The minimum Gasteiger partial charge on any atom is -0.493 e. The lowest BCUT2D eigenvalue weighted by molar-refractivity contribution is 0.123. The van der Waals surface area contributed by atoms with E-state index in [0.717, 1.165) is 12.5 Å². The Morgan fingerprint density at radius 1 is 1.18 bits per heavy atom. The van der Waals surface area contributed by atoms with Gasteiger partial charge in [-0.15, -0.1) is 0 Å². The molecule has 1 N–H and O–H groups in total. The molecule has 0 saturated heterocycles. The van der Waals surface area contributed by atoms with Gasteiger partial charge in [0.2, 0.25) is 10.0 Å². The third kappa shape index (κ3) is 4.86. The highest BCUT2D eigenvalue weighted by Gasteiger charge is 2.21. The van der Waals surface area contributed by atoms with Gasteiger partial charge in [0.1, 0.15) is 0 Å². The fraction of sp³-hybridized carbons (Fsp3) is 0.600. The fourth-order valence-corrected chi connectivity index (χ4v) is 3.07. The average Bonchev–Trinajstić information content (AvgIpc) is 3.34. The Morgan fingerprint density at radius 3 is 2.55 bits per heavy atom. The second-order valence-electron chi connectivity index (χ2n) is 5.29. The van der Waals surface area contributed by atoms with Gasteiger partial charge in [0.25, 0.3) is 0 Å². The van der Waals surface area contributed by atoms with Crippen LogP contribution < -0.4 is 14.2 Å². The Balaban J connectivity index is 1.83. The van der Waals surface area contributed by atoms with Crippen LogP contribution in [0.25, 0.3) is 0 Å². The van der Waals surface area contributed by atoms with Gasteiger partial charge >= 0.3 is 0 Å². The van der Waals surface area contributed by atoms with Crippen LogP contribution in [-0.2, 0) is 14.8 Å². The molecule has 1 fully saturated rings. The summed E-state index contributed by atoms with van der Waals surface area (Å²) in [6.07, 6.45) is 3.16. The van der Waals surface area contributed by atoms with E-state index in [1.807, 2.05) is 0 Å². The highest BCUT2D eigenvalue weighted by atomic mass is 32.2. The number of sulfonamides is 1. The minimum absolute atomic E-state index is 0.157. The lowest BCUT2D eigenvalue weighted by Gasteiger charge is -2.11. The van der Waals surface area contributed by atoms with E-state index >= 15 is 0 Å². The molecular formula is C15H23NO5S. The molecule has 22 heavy (non-hydrogen) atoms. The summed E-state index contributed by atoms with van der Waals surface area (Å²) >= 11 is 0. The van der Waals surface area contributed by atoms with E-state index in [9.17, 15) is 8.42 Å². The first-order chi connectivity index (χ1) is 10.6. The zero-order valence-corrected chi connectivity index (χ0v) is 13.8. The summed E-state index contributed by atoms with van der Waals surface area (Å²) in [5.74, 6) is 1.61. The number of ether oxygens (including phenoxy) is 3. The summed E-state index contributed by atoms with van der Waals surface area (Å²) in [4.78, 5) is 0.157. The predicted octanol–water partition coefficient (Wildman–Crippen LogP) is 1.80. The minimum atomic E-state index is -3.55. The van der Waals surface area contributed by atoms with E-state index in [1.54, 1.807) is 6.07 Å². The van der Waals surface area contributed by atoms with E-state index in [0.29, 0.717) is 31.1 Å². The van der Waals surface area contributed by atoms with Gasteiger partial charge in [-0.3, -0.25) is 0 Å². The summed E-state index contributed by atoms with van der Waals surface area (Å²) < 4.78 is 42.7. The summed E-state index contributed by atoms with van der Waals surface area (Å²) in [7, 11) is -0.573. The second kappa shape index (κ2) is 7.80. The number of nitrogens with one attached hydrogen (secondary N) is 1. The lowest BCUT2D eigenvalue weighted by Crippen LogP contribution is -2.25. The van der Waals surface area contributed by atoms with Crippen molar-refractivity contribution in [3.8, 4) is 11.5 Å². The van der Waals surface area contributed by atoms with Crippen LogP contribution in [0.3, 0.4) is 0 Å². The third-order valence-electron chi connectivity index (χ3n) is 3.47. The Hall–Kier alpha value is -1.31. The molecule has 0 aromatic heterocycles. The number of methoxy groups -OCH3 is 2. The summed E-state index contributed by atoms with van der Waals surface area (Å²) in [5.41, 5.74) is 0. The molecule has 6 nitrogen and oxygen atoms in total. The molecule has 2 rings (SSSR count). The molecule has 0 radical (unpaired) electrons. The van der Waals surface area contributed by atoms with Gasteiger partial charge in [0.05, 0.1) is 19.1 Å². The third-order valence-corrected chi connectivity index (χ3v) is 4.93. The van der Waals surface area contributed by atoms with Crippen LogP contribution in [0.1, 0.15) is 19.3 Å². The normalized spacial score (nSPS) is 14.8. The maximum atomic E-state index is 12.2. The van der Waals surface area contributed by atoms with Crippen molar-refractivity contribution in [1.82, 2.24) is 4.72 Å². The van der Waals surface area contributed by atoms with Crippen molar-refractivity contribution in [3.05, 3.63) is 18.2 Å². The summed E-state index contributed by atoms with van der Waals surface area (Å²) in [5, 5.41) is 0. The van der Waals surface area contributed by atoms with Crippen molar-refractivity contribution in [1.29, 1.82) is 0 Å². The lowest BCUT2D eigenvalue weighted by atomic mass is 10.3. The highest BCUT2D eigenvalue weighted by Crippen LogP contribution is 2.29. The van der Waals surface area contributed by atoms with Gasteiger partial charge in [-0.2, -0.15) is 0 Å². The smallest absolute Gasteiger partial charge is 0.240 e. The Morgan fingerprint density at radius 2 is 1.91 bits per heavy atom. The number of hydrogen-bond acceptors (Lipinski definition) is 5. The van der Waals surface area contributed by atoms with Crippen molar-refractivity contribution in [2.75, 3.05) is 34.0 Å². The number of benzene rings is 1. The first-order valence-electron chi connectivity index (χ1n) is 7.36. The van der Waals surface area contributed by atoms with Crippen LogP contribution in [-0.4, -0.2) is 42.4 Å². The Bertz CT molecular complexity index is 584. The van der Waals surface area contributed by atoms with E-state index in [1.165, 1.54) is 39.2 Å². The van der Waals surface area contributed by atoms with Gasteiger partial charge in [0.15, 0.2) is 11.5 Å². The molecule has 1 aliphatic rings. The maximum absolute atomic E-state index is 12.2. The largest absolute Gasteiger partial charge is 0.493 e. The highest BCUT2D eigenvalue weighted by molar-refractivity contribution is 7.89. The Kier molecular flexibility index (Phi) is 6.05. The topological polar surface area (TPSA) is 73.9 Å². The monoisotopic (exact) mass is 329 g/mol. The standard InChI is InChI=1S/C15H23NO5S/c1-19-14-7-6-13(10-15(14)20-2)22(17,18)16-8-3-9-21-11-12-4-5-12/h6-7,10,12,16H,3-5,8-9,11H2,1-2H3. The van der Waals surface area contributed by atoms with Gasteiger partial charge in [0, 0.05) is 25.8 Å². The fourth-order valence-electron chi connectivity index (χ4n) is 1.98. The molecule has 0 unspecified atom stereocenters. The van der Waals surface area contributed by atoms with Crippen LogP contribution in [0.15, 0.2) is 23.1 Å². The van der Waals surface area contributed by atoms with Crippen LogP contribution in [0.2, 0.25) is 0 Å². The van der Waals surface area contributed by atoms with Crippen LogP contribution in [0, 0.1) is 5.92 Å². The van der Waals surface area contributed by atoms with Crippen LogP contribution in [0.5, 0.6) is 11.5 Å². The van der Waals surface area contributed by atoms with E-state index in [4.69, 9.17) is 14.2 Å². The zero-order valence-electron chi connectivity index (χ0n) is 13.0. The molecule has 0 heterocycles. The molecule has 0 spiro atoms.